The van der Waals surface area contributed by atoms with Crippen LogP contribution >= 0.6 is 15.9 Å². The summed E-state index contributed by atoms with van der Waals surface area (Å²) < 4.78 is 2.28. The van der Waals surface area contributed by atoms with E-state index in [0.717, 1.165) is 25.3 Å². The molecule has 2 heterocycles. The van der Waals surface area contributed by atoms with Crippen LogP contribution in [0.15, 0.2) is 15.5 Å². The minimum absolute atomic E-state index is 0.0138. The molecule has 1 aromatic heterocycles. The second-order valence-electron chi connectivity index (χ2n) is 4.22. The molecule has 1 fully saturated rings. The minimum Gasteiger partial charge on any atom is -0.312 e. The molecule has 0 bridgehead atoms. The van der Waals surface area contributed by atoms with Gasteiger partial charge in [0.05, 0.1) is 0 Å². The second kappa shape index (κ2) is 5.10. The predicted molar refractivity (Wildman–Crippen MR) is 66.6 cm³/mol. The molecule has 1 N–H and O–H groups in total. The fourth-order valence-corrected chi connectivity index (χ4v) is 2.38. The normalized spacial score (nSPS) is 21.0. The molecule has 0 saturated carbocycles. The van der Waals surface area contributed by atoms with Crippen molar-refractivity contribution < 1.29 is 0 Å². The summed E-state index contributed by atoms with van der Waals surface area (Å²) in [4.78, 5) is 16.1. The first-order valence-electron chi connectivity index (χ1n) is 5.64. The van der Waals surface area contributed by atoms with E-state index in [1.54, 1.807) is 10.8 Å². The van der Waals surface area contributed by atoms with Crippen molar-refractivity contribution in [3.8, 4) is 0 Å². The summed E-state index contributed by atoms with van der Waals surface area (Å²) in [5.74, 6) is 0.778. The van der Waals surface area contributed by atoms with Crippen molar-refractivity contribution in [3.05, 3.63) is 26.8 Å². The van der Waals surface area contributed by atoms with Gasteiger partial charge in [-0.25, -0.2) is 4.98 Å². The Kier molecular flexibility index (Phi) is 3.76. The summed E-state index contributed by atoms with van der Waals surface area (Å²) >= 11 is 3.23. The van der Waals surface area contributed by atoms with Gasteiger partial charge in [0, 0.05) is 18.8 Å². The van der Waals surface area contributed by atoms with Gasteiger partial charge in [-0.1, -0.05) is 6.42 Å². The molecule has 0 spiro atoms. The highest BCUT2D eigenvalue weighted by atomic mass is 79.9. The fourth-order valence-electron chi connectivity index (χ4n) is 2.07. The zero-order valence-electron chi connectivity index (χ0n) is 9.37. The first-order valence-corrected chi connectivity index (χ1v) is 6.43. The summed E-state index contributed by atoms with van der Waals surface area (Å²) in [5, 5.41) is 3.44. The van der Waals surface area contributed by atoms with E-state index in [2.05, 4.69) is 26.2 Å². The summed E-state index contributed by atoms with van der Waals surface area (Å²) in [6, 6.07) is 0.404. The first kappa shape index (κ1) is 11.8. The molecule has 1 aliphatic heterocycles. The Hall–Kier alpha value is -0.680. The van der Waals surface area contributed by atoms with Crippen molar-refractivity contribution in [2.24, 2.45) is 0 Å². The van der Waals surface area contributed by atoms with Gasteiger partial charge < -0.3 is 5.32 Å². The third-order valence-corrected chi connectivity index (χ3v) is 3.56. The number of hydrogen-bond donors (Lipinski definition) is 1. The van der Waals surface area contributed by atoms with Crippen LogP contribution in [-0.4, -0.2) is 22.1 Å². The van der Waals surface area contributed by atoms with Crippen LogP contribution in [0, 0.1) is 6.92 Å². The third-order valence-electron chi connectivity index (χ3n) is 3.02. The lowest BCUT2D eigenvalue weighted by Crippen LogP contribution is -2.40. The van der Waals surface area contributed by atoms with Gasteiger partial charge in [0.15, 0.2) is 0 Å². The summed E-state index contributed by atoms with van der Waals surface area (Å²) in [6.07, 6.45) is 5.19. The monoisotopic (exact) mass is 285 g/mol. The maximum absolute atomic E-state index is 11.9. The average molecular weight is 286 g/mol. The topological polar surface area (TPSA) is 46.9 Å². The highest BCUT2D eigenvalue weighted by molar-refractivity contribution is 9.10. The SMILES string of the molecule is Cc1ncc(Br)c(=O)n1CC1CCCCN1. The van der Waals surface area contributed by atoms with Crippen LogP contribution in [0.4, 0.5) is 0 Å². The molecule has 1 aromatic rings. The van der Waals surface area contributed by atoms with Crippen LogP contribution < -0.4 is 10.9 Å². The van der Waals surface area contributed by atoms with Gasteiger partial charge in [-0.05, 0) is 42.2 Å². The minimum atomic E-state index is 0.0138. The van der Waals surface area contributed by atoms with Crippen molar-refractivity contribution in [3.63, 3.8) is 0 Å². The molecule has 0 aromatic carbocycles. The predicted octanol–water partition coefficient (Wildman–Crippen LogP) is 1.46. The van der Waals surface area contributed by atoms with Crippen molar-refractivity contribution in [1.82, 2.24) is 14.9 Å². The zero-order chi connectivity index (χ0) is 11.5. The molecule has 1 unspecified atom stereocenters. The van der Waals surface area contributed by atoms with Crippen LogP contribution in [0.2, 0.25) is 0 Å². The Morgan fingerprint density at radius 2 is 2.44 bits per heavy atom. The average Bonchev–Trinajstić information content (AvgIpc) is 2.31. The molecule has 88 valence electrons. The Morgan fingerprint density at radius 1 is 1.62 bits per heavy atom. The summed E-state index contributed by atoms with van der Waals surface area (Å²) in [6.45, 7) is 3.65. The van der Waals surface area contributed by atoms with Crippen LogP contribution in [0.3, 0.4) is 0 Å². The molecule has 2 rings (SSSR count). The van der Waals surface area contributed by atoms with E-state index >= 15 is 0 Å². The largest absolute Gasteiger partial charge is 0.312 e. The number of aromatic nitrogens is 2. The number of piperidine rings is 1. The molecule has 1 atom stereocenters. The van der Waals surface area contributed by atoms with E-state index in [4.69, 9.17) is 0 Å². The van der Waals surface area contributed by atoms with Gasteiger partial charge in [0.25, 0.3) is 5.56 Å². The lowest BCUT2D eigenvalue weighted by Gasteiger charge is -2.24. The van der Waals surface area contributed by atoms with Crippen molar-refractivity contribution in [2.75, 3.05) is 6.54 Å². The van der Waals surface area contributed by atoms with Crippen LogP contribution in [-0.2, 0) is 6.54 Å². The lowest BCUT2D eigenvalue weighted by atomic mass is 10.1. The van der Waals surface area contributed by atoms with Crippen LogP contribution in [0.25, 0.3) is 0 Å². The number of halogens is 1. The maximum Gasteiger partial charge on any atom is 0.267 e. The highest BCUT2D eigenvalue weighted by Crippen LogP contribution is 2.09. The smallest absolute Gasteiger partial charge is 0.267 e. The van der Waals surface area contributed by atoms with E-state index in [9.17, 15) is 4.79 Å². The Morgan fingerprint density at radius 3 is 3.12 bits per heavy atom. The van der Waals surface area contributed by atoms with Gasteiger partial charge in [0.2, 0.25) is 0 Å². The van der Waals surface area contributed by atoms with E-state index in [-0.39, 0.29) is 5.56 Å². The molecule has 1 saturated heterocycles. The van der Waals surface area contributed by atoms with Crippen molar-refractivity contribution in [1.29, 1.82) is 0 Å². The van der Waals surface area contributed by atoms with Crippen LogP contribution in [0.5, 0.6) is 0 Å². The fraction of sp³-hybridized carbons (Fsp3) is 0.636. The van der Waals surface area contributed by atoms with E-state index in [1.807, 2.05) is 6.92 Å². The van der Waals surface area contributed by atoms with Gasteiger partial charge in [-0.3, -0.25) is 9.36 Å². The molecule has 5 heteroatoms. The van der Waals surface area contributed by atoms with Crippen molar-refractivity contribution in [2.45, 2.75) is 38.8 Å². The summed E-state index contributed by atoms with van der Waals surface area (Å²) in [5.41, 5.74) is 0.0138. The van der Waals surface area contributed by atoms with Crippen LogP contribution in [0.1, 0.15) is 25.1 Å². The maximum atomic E-state index is 11.9. The Labute approximate surface area is 103 Å². The van der Waals surface area contributed by atoms with E-state index in [1.165, 1.54) is 12.8 Å². The number of nitrogens with one attached hydrogen (secondary N) is 1. The van der Waals surface area contributed by atoms with E-state index < -0.39 is 0 Å². The lowest BCUT2D eigenvalue weighted by molar-refractivity contribution is 0.355. The molecule has 4 nitrogen and oxygen atoms in total. The zero-order valence-corrected chi connectivity index (χ0v) is 11.0. The number of aryl methyl sites for hydroxylation is 1. The Balaban J connectivity index is 2.20. The molecule has 0 radical (unpaired) electrons. The highest BCUT2D eigenvalue weighted by Gasteiger charge is 2.15. The van der Waals surface area contributed by atoms with Gasteiger partial charge >= 0.3 is 0 Å². The van der Waals surface area contributed by atoms with Gasteiger partial charge in [0.1, 0.15) is 10.3 Å². The molecule has 1 aliphatic rings. The van der Waals surface area contributed by atoms with Gasteiger partial charge in [-0.15, -0.1) is 0 Å². The molecular formula is C11H16BrN3O. The number of rotatable bonds is 2. The molecular weight excluding hydrogens is 270 g/mol. The standard InChI is InChI=1S/C11H16BrN3O/c1-8-14-6-10(12)11(16)15(8)7-9-4-2-3-5-13-9/h6,9,13H,2-5,7H2,1H3. The molecule has 0 aliphatic carbocycles. The summed E-state index contributed by atoms with van der Waals surface area (Å²) in [7, 11) is 0. The number of nitrogens with zero attached hydrogens (tertiary/aromatic N) is 2. The second-order valence-corrected chi connectivity index (χ2v) is 5.07. The quantitative estimate of drug-likeness (QED) is 0.895. The van der Waals surface area contributed by atoms with Crippen molar-refractivity contribution >= 4 is 15.9 Å². The van der Waals surface area contributed by atoms with E-state index in [0.29, 0.717) is 10.5 Å². The molecule has 16 heavy (non-hydrogen) atoms. The number of hydrogen-bond acceptors (Lipinski definition) is 3. The molecule has 0 amide bonds. The third kappa shape index (κ3) is 2.52. The Bertz CT molecular complexity index is 424. The first-order chi connectivity index (χ1) is 7.68. The van der Waals surface area contributed by atoms with Gasteiger partial charge in [-0.2, -0.15) is 0 Å².